The molecule has 4 rings (SSSR count). The Kier molecular flexibility index (Phi) is 5.57. The van der Waals surface area contributed by atoms with Gasteiger partial charge in [0, 0.05) is 48.4 Å². The molecule has 0 atom stereocenters. The van der Waals surface area contributed by atoms with Crippen LogP contribution in [-0.4, -0.2) is 28.0 Å². The van der Waals surface area contributed by atoms with E-state index in [9.17, 15) is 0 Å². The van der Waals surface area contributed by atoms with Gasteiger partial charge >= 0.3 is 0 Å². The van der Waals surface area contributed by atoms with Gasteiger partial charge in [0.1, 0.15) is 0 Å². The van der Waals surface area contributed by atoms with Gasteiger partial charge in [0.2, 0.25) is 0 Å². The number of nitrogens with zero attached hydrogens (tertiary/aromatic N) is 2. The van der Waals surface area contributed by atoms with Crippen molar-refractivity contribution in [2.45, 2.75) is 50.5 Å². The van der Waals surface area contributed by atoms with Crippen LogP contribution in [-0.2, 0) is 13.0 Å². The summed E-state index contributed by atoms with van der Waals surface area (Å²) in [6.07, 6.45) is 8.11. The summed E-state index contributed by atoms with van der Waals surface area (Å²) in [7, 11) is 0. The van der Waals surface area contributed by atoms with Crippen molar-refractivity contribution in [2.24, 2.45) is 0 Å². The highest BCUT2D eigenvalue weighted by Gasteiger charge is 2.21. The minimum atomic E-state index is 0.601. The first-order valence-electron chi connectivity index (χ1n) is 9.42. The number of rotatable bonds is 4. The molecule has 1 aromatic carbocycles. The lowest BCUT2D eigenvalue weighted by Crippen LogP contribution is -2.33. The fourth-order valence-electron chi connectivity index (χ4n) is 3.79. The third-order valence-electron chi connectivity index (χ3n) is 5.26. The third-order valence-corrected chi connectivity index (χ3v) is 6.71. The molecule has 2 heterocycles. The van der Waals surface area contributed by atoms with Crippen LogP contribution >= 0.6 is 24.0 Å². The highest BCUT2D eigenvalue weighted by Crippen LogP contribution is 2.38. The van der Waals surface area contributed by atoms with Crippen LogP contribution in [0.3, 0.4) is 0 Å². The second kappa shape index (κ2) is 8.07. The first-order valence-corrected chi connectivity index (χ1v) is 10.6. The molecule has 0 unspecified atom stereocenters. The largest absolute Gasteiger partial charge is 0.334 e. The lowest BCUT2D eigenvalue weighted by molar-refractivity contribution is 0.268. The van der Waals surface area contributed by atoms with E-state index in [1.54, 1.807) is 10.5 Å². The van der Waals surface area contributed by atoms with E-state index in [-0.39, 0.29) is 0 Å². The lowest BCUT2D eigenvalue weighted by atomic mass is 9.98. The van der Waals surface area contributed by atoms with E-state index < -0.39 is 0 Å². The highest BCUT2D eigenvalue weighted by molar-refractivity contribution is 8.03. The van der Waals surface area contributed by atoms with Gasteiger partial charge in [-0.05, 0) is 67.4 Å². The second-order valence-corrected chi connectivity index (χ2v) is 8.86. The van der Waals surface area contributed by atoms with E-state index in [2.05, 4.69) is 46.1 Å². The average molecular weight is 384 g/mol. The maximum absolute atomic E-state index is 5.15. The zero-order chi connectivity index (χ0) is 17.9. The Morgan fingerprint density at radius 3 is 2.81 bits per heavy atom. The van der Waals surface area contributed by atoms with Crippen molar-refractivity contribution in [3.05, 3.63) is 62.5 Å². The van der Waals surface area contributed by atoms with E-state index in [4.69, 9.17) is 12.2 Å². The molecule has 5 heteroatoms. The van der Waals surface area contributed by atoms with Crippen LogP contribution in [0.25, 0.3) is 0 Å². The number of thioether (sulfide) groups is 1. The fourth-order valence-corrected chi connectivity index (χ4v) is 5.08. The molecule has 0 radical (unpaired) electrons. The number of nitrogens with one attached hydrogen (secondary N) is 1. The molecule has 0 bridgehead atoms. The number of hydrogen-bond donors (Lipinski definition) is 1. The molecule has 0 saturated carbocycles. The zero-order valence-corrected chi connectivity index (χ0v) is 16.9. The summed E-state index contributed by atoms with van der Waals surface area (Å²) in [5.41, 5.74) is 5.54. The summed E-state index contributed by atoms with van der Waals surface area (Å²) in [6.45, 7) is 5.30. The Balaban J connectivity index is 1.49. The number of allylic oxidation sites excluding steroid dienone is 1. The van der Waals surface area contributed by atoms with Crippen LogP contribution in [0.4, 0.5) is 0 Å². The average Bonchev–Trinajstić information content (AvgIpc) is 2.65. The first kappa shape index (κ1) is 18.0. The van der Waals surface area contributed by atoms with Gasteiger partial charge in [-0.15, -0.1) is 0 Å². The maximum atomic E-state index is 5.15. The van der Waals surface area contributed by atoms with Crippen LogP contribution in [0.1, 0.15) is 42.5 Å². The van der Waals surface area contributed by atoms with Gasteiger partial charge in [0.15, 0.2) is 4.77 Å². The number of H-pyrrole nitrogens is 1. The normalized spacial score (nSPS) is 18.0. The van der Waals surface area contributed by atoms with Crippen molar-refractivity contribution in [3.63, 3.8) is 0 Å². The molecule has 0 saturated heterocycles. The zero-order valence-electron chi connectivity index (χ0n) is 15.3. The smallest absolute Gasteiger partial charge is 0.196 e. The minimum absolute atomic E-state index is 0.601. The Hall–Kier alpha value is -1.43. The van der Waals surface area contributed by atoms with Crippen molar-refractivity contribution >= 4 is 24.0 Å². The predicted molar refractivity (Wildman–Crippen MR) is 111 cm³/mol. The van der Waals surface area contributed by atoms with Gasteiger partial charge in [-0.3, -0.25) is 4.90 Å². The van der Waals surface area contributed by atoms with E-state index in [1.165, 1.54) is 47.4 Å². The number of benzene rings is 1. The summed E-state index contributed by atoms with van der Waals surface area (Å²) < 4.78 is 0.601. The molecular weight excluding hydrogens is 358 g/mol. The minimum Gasteiger partial charge on any atom is -0.334 e. The molecule has 26 heavy (non-hydrogen) atoms. The van der Waals surface area contributed by atoms with Crippen LogP contribution in [0.15, 0.2) is 45.8 Å². The number of aromatic nitrogens is 2. The Bertz CT molecular complexity index is 868. The third kappa shape index (κ3) is 4.27. The van der Waals surface area contributed by atoms with Gasteiger partial charge in [-0.1, -0.05) is 29.5 Å². The Morgan fingerprint density at radius 1 is 1.15 bits per heavy atom. The number of hydrogen-bond acceptors (Lipinski definition) is 4. The fraction of sp³-hybridized carbons (Fsp3) is 0.429. The van der Waals surface area contributed by atoms with Crippen LogP contribution in [0, 0.1) is 11.7 Å². The standard InChI is InChI=1S/C21H25N3S2/c1-15-6-8-18(9-7-15)26-20-5-3-2-4-16(20)13-24-11-10-19-17(14-24)12-22-21(25)23-19/h6-9,12H,2-5,10-11,13-14H2,1H3,(H,22,23,25). The van der Waals surface area contributed by atoms with E-state index >= 15 is 0 Å². The van der Waals surface area contributed by atoms with Crippen molar-refractivity contribution in [1.82, 2.24) is 14.9 Å². The quantitative estimate of drug-likeness (QED) is 0.714. The maximum Gasteiger partial charge on any atom is 0.196 e. The Morgan fingerprint density at radius 2 is 1.96 bits per heavy atom. The number of aryl methyl sites for hydroxylation is 1. The summed E-state index contributed by atoms with van der Waals surface area (Å²) in [4.78, 5) is 13.1. The van der Waals surface area contributed by atoms with Crippen LogP contribution in [0.2, 0.25) is 0 Å². The summed E-state index contributed by atoms with van der Waals surface area (Å²) in [5.74, 6) is 0. The van der Waals surface area contributed by atoms with Crippen molar-refractivity contribution in [1.29, 1.82) is 0 Å². The summed E-state index contributed by atoms with van der Waals surface area (Å²) >= 11 is 7.13. The first-order chi connectivity index (χ1) is 12.7. The number of fused-ring (bicyclic) bond motifs is 1. The van der Waals surface area contributed by atoms with E-state index in [1.807, 2.05) is 18.0 Å². The molecule has 2 aliphatic rings. The molecule has 0 spiro atoms. The van der Waals surface area contributed by atoms with Crippen LogP contribution in [0.5, 0.6) is 0 Å². The summed E-state index contributed by atoms with van der Waals surface area (Å²) in [5, 5.41) is 0. The van der Waals surface area contributed by atoms with Crippen LogP contribution < -0.4 is 0 Å². The molecule has 0 fully saturated rings. The molecule has 1 aliphatic carbocycles. The topological polar surface area (TPSA) is 31.9 Å². The summed E-state index contributed by atoms with van der Waals surface area (Å²) in [6, 6.07) is 8.93. The lowest BCUT2D eigenvalue weighted by Gasteiger charge is -2.31. The van der Waals surface area contributed by atoms with Gasteiger partial charge in [0.05, 0.1) is 0 Å². The van der Waals surface area contributed by atoms with Gasteiger partial charge in [-0.2, -0.15) is 0 Å². The van der Waals surface area contributed by atoms with Gasteiger partial charge in [-0.25, -0.2) is 4.98 Å². The SMILES string of the molecule is Cc1ccc(SC2=C(CN3CCc4[nH]c(=S)ncc4C3)CCCC2)cc1. The molecule has 136 valence electrons. The molecule has 0 amide bonds. The van der Waals surface area contributed by atoms with Crippen molar-refractivity contribution in [2.75, 3.05) is 13.1 Å². The molecule has 3 nitrogen and oxygen atoms in total. The van der Waals surface area contributed by atoms with Crippen molar-refractivity contribution < 1.29 is 0 Å². The monoisotopic (exact) mass is 383 g/mol. The van der Waals surface area contributed by atoms with Crippen molar-refractivity contribution in [3.8, 4) is 0 Å². The highest BCUT2D eigenvalue weighted by atomic mass is 32.2. The Labute approximate surface area is 164 Å². The predicted octanol–water partition coefficient (Wildman–Crippen LogP) is 5.43. The molecule has 1 aromatic heterocycles. The second-order valence-electron chi connectivity index (χ2n) is 7.30. The number of aromatic amines is 1. The molecule has 1 aliphatic heterocycles. The van der Waals surface area contributed by atoms with Gasteiger partial charge in [0.25, 0.3) is 0 Å². The molecule has 2 aromatic rings. The molecular formula is C21H25N3S2. The molecule has 1 N–H and O–H groups in total. The van der Waals surface area contributed by atoms with Gasteiger partial charge < -0.3 is 4.98 Å². The van der Waals surface area contributed by atoms with E-state index in [0.29, 0.717) is 4.77 Å². The van der Waals surface area contributed by atoms with E-state index in [0.717, 1.165) is 26.1 Å².